The molecule has 0 bridgehead atoms. The molecular weight excluding hydrogens is 148 g/mol. The van der Waals surface area contributed by atoms with E-state index in [1.807, 2.05) is 0 Å². The summed E-state index contributed by atoms with van der Waals surface area (Å²) in [4.78, 5) is 0. The van der Waals surface area contributed by atoms with Gasteiger partial charge in [0, 0.05) is 0 Å². The van der Waals surface area contributed by atoms with Gasteiger partial charge in [0.05, 0.1) is 6.10 Å². The minimum absolute atomic E-state index is 0.00319. The third kappa shape index (κ3) is 1.19. The van der Waals surface area contributed by atoms with Crippen molar-refractivity contribution in [3.8, 4) is 0 Å². The van der Waals surface area contributed by atoms with Crippen LogP contribution in [-0.2, 0) is 0 Å². The van der Waals surface area contributed by atoms with Gasteiger partial charge in [-0.15, -0.1) is 0 Å². The van der Waals surface area contributed by atoms with Crippen molar-refractivity contribution >= 4 is 0 Å². The molecule has 0 aliphatic heterocycles. The van der Waals surface area contributed by atoms with Gasteiger partial charge in [0.2, 0.25) is 0 Å². The molecule has 2 aliphatic rings. The van der Waals surface area contributed by atoms with Crippen molar-refractivity contribution in [3.05, 3.63) is 0 Å². The van der Waals surface area contributed by atoms with Crippen molar-refractivity contribution < 1.29 is 5.11 Å². The summed E-state index contributed by atoms with van der Waals surface area (Å²) in [6.07, 6.45) is 9.03. The van der Waals surface area contributed by atoms with Gasteiger partial charge in [0.15, 0.2) is 0 Å². The molecule has 1 heteroatoms. The van der Waals surface area contributed by atoms with Gasteiger partial charge in [-0.3, -0.25) is 0 Å². The molecule has 0 spiro atoms. The van der Waals surface area contributed by atoms with Crippen molar-refractivity contribution in [2.24, 2.45) is 11.3 Å². The van der Waals surface area contributed by atoms with E-state index >= 15 is 0 Å². The Balaban J connectivity index is 2.14. The molecule has 2 saturated carbocycles. The van der Waals surface area contributed by atoms with Crippen LogP contribution in [0.2, 0.25) is 0 Å². The second-order valence-corrected chi connectivity index (χ2v) is 4.90. The Morgan fingerprint density at radius 1 is 1.08 bits per heavy atom. The zero-order valence-corrected chi connectivity index (χ0v) is 8.05. The minimum atomic E-state index is -0.00319. The molecule has 0 aromatic carbocycles. The van der Waals surface area contributed by atoms with Gasteiger partial charge >= 0.3 is 0 Å². The van der Waals surface area contributed by atoms with Gasteiger partial charge in [0.1, 0.15) is 0 Å². The second-order valence-electron chi connectivity index (χ2n) is 4.90. The summed E-state index contributed by atoms with van der Waals surface area (Å²) in [6, 6.07) is 0. The van der Waals surface area contributed by atoms with Gasteiger partial charge in [-0.25, -0.2) is 0 Å². The highest BCUT2D eigenvalue weighted by Gasteiger charge is 2.43. The van der Waals surface area contributed by atoms with Crippen LogP contribution >= 0.6 is 0 Å². The number of aliphatic hydroxyl groups excluding tert-OH is 1. The summed E-state index contributed by atoms with van der Waals surface area (Å²) >= 11 is 0. The van der Waals surface area contributed by atoms with Crippen LogP contribution in [-0.4, -0.2) is 11.2 Å². The topological polar surface area (TPSA) is 20.2 Å². The van der Waals surface area contributed by atoms with E-state index in [9.17, 15) is 5.11 Å². The summed E-state index contributed by atoms with van der Waals surface area (Å²) in [5.41, 5.74) is 0.288. The number of aliphatic hydroxyl groups is 1. The van der Waals surface area contributed by atoms with Gasteiger partial charge in [0.25, 0.3) is 0 Å². The van der Waals surface area contributed by atoms with Crippen molar-refractivity contribution in [3.63, 3.8) is 0 Å². The van der Waals surface area contributed by atoms with Crippen molar-refractivity contribution in [2.45, 2.75) is 58.0 Å². The highest BCUT2D eigenvalue weighted by atomic mass is 16.3. The lowest BCUT2D eigenvalue weighted by atomic mass is 9.59. The first-order chi connectivity index (χ1) is 5.73. The molecule has 12 heavy (non-hydrogen) atoms. The standard InChI is InChI=1S/C11H20O/c1-11-8-3-2-5-9(11)6-4-7-10(11)12/h9-10,12H,2-8H2,1H3/t9-,10+,11-/m0/s1. The maximum Gasteiger partial charge on any atom is 0.0596 e. The first-order valence-electron chi connectivity index (χ1n) is 5.41. The molecule has 70 valence electrons. The minimum Gasteiger partial charge on any atom is -0.393 e. The largest absolute Gasteiger partial charge is 0.393 e. The Hall–Kier alpha value is -0.0400. The van der Waals surface area contributed by atoms with Crippen LogP contribution in [0.5, 0.6) is 0 Å². The molecular formula is C11H20O. The van der Waals surface area contributed by atoms with E-state index in [2.05, 4.69) is 6.92 Å². The Morgan fingerprint density at radius 3 is 2.58 bits per heavy atom. The molecule has 0 amide bonds. The number of rotatable bonds is 0. The highest BCUT2D eigenvalue weighted by molar-refractivity contribution is 4.94. The first-order valence-corrected chi connectivity index (χ1v) is 5.41. The summed E-state index contributed by atoms with van der Waals surface area (Å²) in [5.74, 6) is 0.829. The fourth-order valence-corrected chi connectivity index (χ4v) is 3.23. The van der Waals surface area contributed by atoms with Crippen LogP contribution in [0.3, 0.4) is 0 Å². The second kappa shape index (κ2) is 3.02. The fourth-order valence-electron chi connectivity index (χ4n) is 3.23. The van der Waals surface area contributed by atoms with Crippen molar-refractivity contribution in [1.82, 2.24) is 0 Å². The lowest BCUT2D eigenvalue weighted by Gasteiger charge is -2.48. The van der Waals surface area contributed by atoms with Crippen molar-refractivity contribution in [2.75, 3.05) is 0 Å². The number of hydrogen-bond donors (Lipinski definition) is 1. The molecule has 3 atom stereocenters. The predicted octanol–water partition coefficient (Wildman–Crippen LogP) is 2.73. The van der Waals surface area contributed by atoms with Crippen LogP contribution in [0.25, 0.3) is 0 Å². The van der Waals surface area contributed by atoms with Crippen LogP contribution < -0.4 is 0 Å². The summed E-state index contributed by atoms with van der Waals surface area (Å²) in [5, 5.41) is 9.96. The average Bonchev–Trinajstić information content (AvgIpc) is 2.07. The Kier molecular flexibility index (Phi) is 2.16. The Bertz CT molecular complexity index is 164. The zero-order valence-electron chi connectivity index (χ0n) is 8.05. The van der Waals surface area contributed by atoms with E-state index in [0.717, 1.165) is 12.3 Å². The van der Waals surface area contributed by atoms with E-state index in [1.165, 1.54) is 38.5 Å². The quantitative estimate of drug-likeness (QED) is 0.589. The van der Waals surface area contributed by atoms with E-state index < -0.39 is 0 Å². The molecule has 2 fully saturated rings. The zero-order chi connectivity index (χ0) is 8.60. The lowest BCUT2D eigenvalue weighted by Crippen LogP contribution is -2.44. The third-order valence-corrected chi connectivity index (χ3v) is 4.24. The summed E-state index contributed by atoms with van der Waals surface area (Å²) in [7, 11) is 0. The Morgan fingerprint density at radius 2 is 1.83 bits per heavy atom. The molecule has 0 heterocycles. The number of fused-ring (bicyclic) bond motifs is 1. The maximum absolute atomic E-state index is 9.96. The molecule has 0 radical (unpaired) electrons. The number of hydrogen-bond acceptors (Lipinski definition) is 1. The maximum atomic E-state index is 9.96. The average molecular weight is 168 g/mol. The van der Waals surface area contributed by atoms with Crippen LogP contribution in [0.4, 0.5) is 0 Å². The molecule has 1 nitrogen and oxygen atoms in total. The van der Waals surface area contributed by atoms with Crippen LogP contribution in [0.1, 0.15) is 51.9 Å². The van der Waals surface area contributed by atoms with E-state index in [4.69, 9.17) is 0 Å². The van der Waals surface area contributed by atoms with E-state index in [0.29, 0.717) is 0 Å². The lowest BCUT2D eigenvalue weighted by molar-refractivity contribution is -0.0651. The molecule has 0 unspecified atom stereocenters. The van der Waals surface area contributed by atoms with Gasteiger partial charge in [-0.05, 0) is 37.0 Å². The molecule has 0 aromatic heterocycles. The monoisotopic (exact) mass is 168 g/mol. The van der Waals surface area contributed by atoms with E-state index in [-0.39, 0.29) is 11.5 Å². The SMILES string of the molecule is C[C@]12CCCC[C@H]1CCC[C@H]2O. The predicted molar refractivity (Wildman–Crippen MR) is 49.9 cm³/mol. The third-order valence-electron chi connectivity index (χ3n) is 4.24. The van der Waals surface area contributed by atoms with Gasteiger partial charge in [-0.1, -0.05) is 26.2 Å². The van der Waals surface area contributed by atoms with Gasteiger partial charge < -0.3 is 5.11 Å². The normalized spacial score (nSPS) is 48.5. The highest BCUT2D eigenvalue weighted by Crippen LogP contribution is 2.49. The van der Waals surface area contributed by atoms with Crippen LogP contribution in [0, 0.1) is 11.3 Å². The first kappa shape index (κ1) is 8.55. The fraction of sp³-hybridized carbons (Fsp3) is 1.00. The summed E-state index contributed by atoms with van der Waals surface area (Å²) < 4.78 is 0. The van der Waals surface area contributed by atoms with Crippen LogP contribution in [0.15, 0.2) is 0 Å². The smallest absolute Gasteiger partial charge is 0.0596 e. The molecule has 0 saturated heterocycles. The molecule has 2 aliphatic carbocycles. The summed E-state index contributed by atoms with van der Waals surface area (Å²) in [6.45, 7) is 2.31. The van der Waals surface area contributed by atoms with E-state index in [1.54, 1.807) is 0 Å². The molecule has 1 N–H and O–H groups in total. The van der Waals surface area contributed by atoms with Gasteiger partial charge in [-0.2, -0.15) is 0 Å². The molecule has 0 aromatic rings. The molecule has 2 rings (SSSR count). The Labute approximate surface area is 75.2 Å². The van der Waals surface area contributed by atoms with Crippen molar-refractivity contribution in [1.29, 1.82) is 0 Å².